The molecule has 0 saturated heterocycles. The van der Waals surface area contributed by atoms with Crippen LogP contribution in [0.5, 0.6) is 11.5 Å². The molecule has 0 spiro atoms. The van der Waals surface area contributed by atoms with Gasteiger partial charge in [-0.05, 0) is 29.8 Å². The Morgan fingerprint density at radius 3 is 2.72 bits per heavy atom. The highest BCUT2D eigenvalue weighted by Gasteiger charge is 2.03. The van der Waals surface area contributed by atoms with Gasteiger partial charge in [0, 0.05) is 18.3 Å². The Balaban J connectivity index is 2.04. The molecule has 3 nitrogen and oxygen atoms in total. The van der Waals surface area contributed by atoms with Gasteiger partial charge in [0.2, 0.25) is 0 Å². The Labute approximate surface area is 105 Å². The van der Waals surface area contributed by atoms with E-state index in [1.54, 1.807) is 30.3 Å². The lowest BCUT2D eigenvalue weighted by molar-refractivity contribution is 0.386. The highest BCUT2D eigenvalue weighted by atomic mass is 19.1. The summed E-state index contributed by atoms with van der Waals surface area (Å²) >= 11 is 0. The molecule has 2 N–H and O–H groups in total. The van der Waals surface area contributed by atoms with Crippen molar-refractivity contribution in [1.29, 1.82) is 0 Å². The first-order chi connectivity index (χ1) is 8.69. The topological polar surface area (TPSA) is 41.5 Å². The maximum atomic E-state index is 13.4. The molecule has 0 radical (unpaired) electrons. The molecule has 94 valence electrons. The number of phenolic OH excluding ortho intramolecular Hbond substituents is 1. The third kappa shape index (κ3) is 2.91. The van der Waals surface area contributed by atoms with Crippen LogP contribution >= 0.6 is 0 Å². The zero-order valence-electron chi connectivity index (χ0n) is 9.98. The van der Waals surface area contributed by atoms with Crippen LogP contribution < -0.4 is 10.1 Å². The van der Waals surface area contributed by atoms with Crippen LogP contribution in [0.3, 0.4) is 0 Å². The molecular formula is C14H14FNO2. The largest absolute Gasteiger partial charge is 0.508 e. The predicted octanol–water partition coefficient (Wildman–Crippen LogP) is 3.15. The summed E-state index contributed by atoms with van der Waals surface area (Å²) in [5.41, 5.74) is 1.59. The molecule has 4 heteroatoms. The van der Waals surface area contributed by atoms with Crippen LogP contribution in [0.1, 0.15) is 5.56 Å². The van der Waals surface area contributed by atoms with Gasteiger partial charge in [0.15, 0.2) is 11.6 Å². The molecule has 0 fully saturated rings. The second-order valence-corrected chi connectivity index (χ2v) is 3.87. The normalized spacial score (nSPS) is 10.1. The molecule has 0 bridgehead atoms. The molecule has 2 aromatic rings. The van der Waals surface area contributed by atoms with Gasteiger partial charge in [0.05, 0.1) is 7.11 Å². The standard InChI is InChI=1S/C14H14FNO2/c1-18-14-6-5-10(7-13(14)15)9-16-11-3-2-4-12(17)8-11/h2-8,16-17H,9H2,1H3. The number of phenols is 1. The average molecular weight is 247 g/mol. The number of ether oxygens (including phenoxy) is 1. The van der Waals surface area contributed by atoms with E-state index in [-0.39, 0.29) is 17.3 Å². The maximum Gasteiger partial charge on any atom is 0.165 e. The van der Waals surface area contributed by atoms with Crippen LogP contribution in [0.25, 0.3) is 0 Å². The molecule has 0 aliphatic carbocycles. The summed E-state index contributed by atoms with van der Waals surface area (Å²) in [6.07, 6.45) is 0. The fourth-order valence-corrected chi connectivity index (χ4v) is 1.64. The summed E-state index contributed by atoms with van der Waals surface area (Å²) in [4.78, 5) is 0. The van der Waals surface area contributed by atoms with Gasteiger partial charge in [-0.25, -0.2) is 4.39 Å². The van der Waals surface area contributed by atoms with E-state index in [9.17, 15) is 9.50 Å². The third-order valence-electron chi connectivity index (χ3n) is 2.56. The Kier molecular flexibility index (Phi) is 3.67. The molecule has 2 rings (SSSR count). The van der Waals surface area contributed by atoms with Gasteiger partial charge in [0.25, 0.3) is 0 Å². The van der Waals surface area contributed by atoms with Gasteiger partial charge in [-0.2, -0.15) is 0 Å². The molecule has 0 atom stereocenters. The number of hydrogen-bond donors (Lipinski definition) is 2. The van der Waals surface area contributed by atoms with Gasteiger partial charge < -0.3 is 15.2 Å². The molecule has 0 amide bonds. The Bertz CT molecular complexity index is 543. The van der Waals surface area contributed by atoms with Gasteiger partial charge >= 0.3 is 0 Å². The summed E-state index contributed by atoms with van der Waals surface area (Å²) < 4.78 is 18.3. The molecule has 2 aromatic carbocycles. The number of halogens is 1. The van der Waals surface area contributed by atoms with Crippen LogP contribution in [0.2, 0.25) is 0 Å². The van der Waals surface area contributed by atoms with Crippen molar-refractivity contribution in [3.05, 3.63) is 53.8 Å². The van der Waals surface area contributed by atoms with Crippen molar-refractivity contribution in [2.24, 2.45) is 0 Å². The van der Waals surface area contributed by atoms with Gasteiger partial charge in [-0.3, -0.25) is 0 Å². The molecule has 0 aromatic heterocycles. The molecule has 0 aliphatic heterocycles. The fourth-order valence-electron chi connectivity index (χ4n) is 1.64. The minimum atomic E-state index is -0.382. The minimum Gasteiger partial charge on any atom is -0.508 e. The van der Waals surface area contributed by atoms with Crippen LogP contribution in [0.4, 0.5) is 10.1 Å². The van der Waals surface area contributed by atoms with Crippen LogP contribution in [0, 0.1) is 5.82 Å². The van der Waals surface area contributed by atoms with E-state index in [4.69, 9.17) is 4.74 Å². The first-order valence-corrected chi connectivity index (χ1v) is 5.54. The monoisotopic (exact) mass is 247 g/mol. The molecule has 0 saturated carbocycles. The van der Waals surface area contributed by atoms with Crippen molar-refractivity contribution in [3.8, 4) is 11.5 Å². The van der Waals surface area contributed by atoms with Gasteiger partial charge in [-0.1, -0.05) is 12.1 Å². The van der Waals surface area contributed by atoms with E-state index in [0.717, 1.165) is 11.3 Å². The van der Waals surface area contributed by atoms with Crippen LogP contribution in [-0.2, 0) is 6.54 Å². The van der Waals surface area contributed by atoms with Crippen molar-refractivity contribution in [2.75, 3.05) is 12.4 Å². The second kappa shape index (κ2) is 5.40. The fraction of sp³-hybridized carbons (Fsp3) is 0.143. The highest BCUT2D eigenvalue weighted by molar-refractivity contribution is 5.48. The Hall–Kier alpha value is -2.23. The number of hydrogen-bond acceptors (Lipinski definition) is 3. The predicted molar refractivity (Wildman–Crippen MR) is 68.4 cm³/mol. The summed E-state index contributed by atoms with van der Waals surface area (Å²) in [5.74, 6) is 0.0460. The molecule has 0 aliphatic rings. The van der Waals surface area contributed by atoms with Crippen molar-refractivity contribution in [2.45, 2.75) is 6.54 Å². The molecule has 18 heavy (non-hydrogen) atoms. The maximum absolute atomic E-state index is 13.4. The number of benzene rings is 2. The van der Waals surface area contributed by atoms with E-state index in [2.05, 4.69) is 5.32 Å². The minimum absolute atomic E-state index is 0.195. The zero-order chi connectivity index (χ0) is 13.0. The first kappa shape index (κ1) is 12.2. The molecular weight excluding hydrogens is 233 g/mol. The highest BCUT2D eigenvalue weighted by Crippen LogP contribution is 2.19. The zero-order valence-corrected chi connectivity index (χ0v) is 9.98. The Morgan fingerprint density at radius 1 is 1.22 bits per heavy atom. The lowest BCUT2D eigenvalue weighted by atomic mass is 10.2. The number of anilines is 1. The van der Waals surface area contributed by atoms with Crippen molar-refractivity contribution >= 4 is 5.69 Å². The van der Waals surface area contributed by atoms with E-state index >= 15 is 0 Å². The average Bonchev–Trinajstić information content (AvgIpc) is 2.37. The lowest BCUT2D eigenvalue weighted by Crippen LogP contribution is -2.00. The van der Waals surface area contributed by atoms with E-state index in [0.29, 0.717) is 6.54 Å². The summed E-state index contributed by atoms with van der Waals surface area (Å²) in [6.45, 7) is 0.477. The number of rotatable bonds is 4. The first-order valence-electron chi connectivity index (χ1n) is 5.54. The van der Waals surface area contributed by atoms with E-state index in [1.165, 1.54) is 13.2 Å². The quantitative estimate of drug-likeness (QED) is 0.872. The van der Waals surface area contributed by atoms with E-state index < -0.39 is 0 Å². The van der Waals surface area contributed by atoms with Crippen LogP contribution in [0.15, 0.2) is 42.5 Å². The number of methoxy groups -OCH3 is 1. The van der Waals surface area contributed by atoms with Crippen molar-refractivity contribution < 1.29 is 14.2 Å². The van der Waals surface area contributed by atoms with Crippen molar-refractivity contribution in [3.63, 3.8) is 0 Å². The smallest absolute Gasteiger partial charge is 0.165 e. The second-order valence-electron chi connectivity index (χ2n) is 3.87. The Morgan fingerprint density at radius 2 is 2.06 bits per heavy atom. The molecule has 0 heterocycles. The number of aromatic hydroxyl groups is 1. The summed E-state index contributed by atoms with van der Waals surface area (Å²) in [5, 5.41) is 12.4. The molecule has 0 unspecified atom stereocenters. The summed E-state index contributed by atoms with van der Waals surface area (Å²) in [6, 6.07) is 11.6. The van der Waals surface area contributed by atoms with Gasteiger partial charge in [0.1, 0.15) is 5.75 Å². The van der Waals surface area contributed by atoms with E-state index in [1.807, 2.05) is 6.07 Å². The lowest BCUT2D eigenvalue weighted by Gasteiger charge is -2.08. The SMILES string of the molecule is COc1ccc(CNc2cccc(O)c2)cc1F. The van der Waals surface area contributed by atoms with Crippen LogP contribution in [-0.4, -0.2) is 12.2 Å². The number of nitrogens with one attached hydrogen (secondary N) is 1. The third-order valence-corrected chi connectivity index (χ3v) is 2.56. The van der Waals surface area contributed by atoms with Gasteiger partial charge in [-0.15, -0.1) is 0 Å². The van der Waals surface area contributed by atoms with Crippen molar-refractivity contribution in [1.82, 2.24) is 0 Å². The summed E-state index contributed by atoms with van der Waals surface area (Å²) in [7, 11) is 1.43.